The van der Waals surface area contributed by atoms with Crippen LogP contribution in [-0.4, -0.2) is 9.55 Å². The summed E-state index contributed by atoms with van der Waals surface area (Å²) >= 11 is 0. The lowest BCUT2D eigenvalue weighted by molar-refractivity contribution is 0.584. The molecule has 1 N–H and O–H groups in total. The van der Waals surface area contributed by atoms with Crippen molar-refractivity contribution in [3.63, 3.8) is 0 Å². The predicted octanol–water partition coefficient (Wildman–Crippen LogP) is 0.419. The maximum atomic E-state index is 13.0. The SMILES string of the molecule is C=Cc1[nH]c(=O)n(C=C)c(=O)c1F. The first kappa shape index (κ1) is 9.18. The molecule has 0 atom stereocenters. The van der Waals surface area contributed by atoms with Crippen LogP contribution in [0.3, 0.4) is 0 Å². The molecule has 13 heavy (non-hydrogen) atoms. The van der Waals surface area contributed by atoms with Gasteiger partial charge in [0.2, 0.25) is 5.82 Å². The molecule has 68 valence electrons. The standard InChI is InChI=1S/C8H7FN2O2/c1-3-5-6(9)7(12)11(4-2)8(13)10-5/h3-4H,1-2H2,(H,10,13). The smallest absolute Gasteiger partial charge is 0.304 e. The highest BCUT2D eigenvalue weighted by atomic mass is 19.1. The van der Waals surface area contributed by atoms with Crippen molar-refractivity contribution < 1.29 is 4.39 Å². The molecule has 1 aromatic rings. The van der Waals surface area contributed by atoms with Crippen LogP contribution in [0, 0.1) is 5.82 Å². The Kier molecular flexibility index (Phi) is 2.27. The Balaban J connectivity index is 3.75. The van der Waals surface area contributed by atoms with Gasteiger partial charge in [0.15, 0.2) is 0 Å². The number of aromatic amines is 1. The molecule has 0 unspecified atom stereocenters. The predicted molar refractivity (Wildman–Crippen MR) is 47.8 cm³/mol. The van der Waals surface area contributed by atoms with E-state index in [4.69, 9.17) is 0 Å². The lowest BCUT2D eigenvalue weighted by atomic mass is 10.4. The second-order valence-corrected chi connectivity index (χ2v) is 2.22. The molecule has 0 saturated heterocycles. The van der Waals surface area contributed by atoms with E-state index in [1.54, 1.807) is 0 Å². The number of halogens is 1. The summed E-state index contributed by atoms with van der Waals surface area (Å²) in [6, 6.07) is 0. The minimum absolute atomic E-state index is 0.215. The van der Waals surface area contributed by atoms with E-state index >= 15 is 0 Å². The van der Waals surface area contributed by atoms with E-state index in [-0.39, 0.29) is 5.69 Å². The van der Waals surface area contributed by atoms with Crippen molar-refractivity contribution in [2.75, 3.05) is 0 Å². The fourth-order valence-electron chi connectivity index (χ4n) is 0.850. The van der Waals surface area contributed by atoms with Gasteiger partial charge in [0.1, 0.15) is 0 Å². The van der Waals surface area contributed by atoms with Gasteiger partial charge in [-0.05, 0) is 6.08 Å². The summed E-state index contributed by atoms with van der Waals surface area (Å²) in [6.45, 7) is 6.45. The lowest BCUT2D eigenvalue weighted by Crippen LogP contribution is -2.34. The molecule has 0 aliphatic heterocycles. The molecule has 0 bridgehead atoms. The van der Waals surface area contributed by atoms with Gasteiger partial charge >= 0.3 is 5.69 Å². The van der Waals surface area contributed by atoms with Crippen LogP contribution in [0.4, 0.5) is 4.39 Å². The first-order valence-corrected chi connectivity index (χ1v) is 3.41. The fraction of sp³-hybridized carbons (Fsp3) is 0. The molecule has 0 radical (unpaired) electrons. The van der Waals surface area contributed by atoms with Gasteiger partial charge in [-0.25, -0.2) is 9.36 Å². The molecular formula is C8H7FN2O2. The second-order valence-electron chi connectivity index (χ2n) is 2.22. The monoisotopic (exact) mass is 182 g/mol. The van der Waals surface area contributed by atoms with Crippen LogP contribution in [0.1, 0.15) is 5.69 Å². The molecular weight excluding hydrogens is 175 g/mol. The Labute approximate surface area is 72.6 Å². The number of nitrogens with one attached hydrogen (secondary N) is 1. The summed E-state index contributed by atoms with van der Waals surface area (Å²) in [4.78, 5) is 24.2. The third-order valence-electron chi connectivity index (χ3n) is 1.49. The molecule has 4 nitrogen and oxygen atoms in total. The molecule has 0 aromatic carbocycles. The Morgan fingerprint density at radius 1 is 1.38 bits per heavy atom. The number of nitrogens with zero attached hydrogens (tertiary/aromatic N) is 1. The number of H-pyrrole nitrogens is 1. The third-order valence-corrected chi connectivity index (χ3v) is 1.49. The zero-order chi connectivity index (χ0) is 10.0. The number of aromatic nitrogens is 2. The molecule has 1 heterocycles. The highest BCUT2D eigenvalue weighted by Gasteiger charge is 2.08. The molecule has 1 aromatic heterocycles. The van der Waals surface area contributed by atoms with E-state index in [1.807, 2.05) is 0 Å². The summed E-state index contributed by atoms with van der Waals surface area (Å²) in [5.41, 5.74) is -1.99. The van der Waals surface area contributed by atoms with Crippen molar-refractivity contribution in [2.45, 2.75) is 0 Å². The van der Waals surface area contributed by atoms with Crippen LogP contribution >= 0.6 is 0 Å². The maximum absolute atomic E-state index is 13.0. The Bertz CT molecular complexity index is 470. The molecule has 0 amide bonds. The quantitative estimate of drug-likeness (QED) is 0.720. The maximum Gasteiger partial charge on any atom is 0.333 e. The van der Waals surface area contributed by atoms with Crippen molar-refractivity contribution in [3.05, 3.63) is 45.5 Å². The molecule has 1 rings (SSSR count). The van der Waals surface area contributed by atoms with Crippen LogP contribution < -0.4 is 11.2 Å². The average Bonchev–Trinajstić information content (AvgIpc) is 2.12. The molecule has 0 aliphatic rings. The van der Waals surface area contributed by atoms with E-state index < -0.39 is 17.1 Å². The summed E-state index contributed by atoms with van der Waals surface area (Å²) in [5, 5.41) is 0. The zero-order valence-electron chi connectivity index (χ0n) is 6.71. The average molecular weight is 182 g/mol. The van der Waals surface area contributed by atoms with Crippen LogP contribution in [0.15, 0.2) is 22.7 Å². The van der Waals surface area contributed by atoms with Gasteiger partial charge < -0.3 is 4.98 Å². The van der Waals surface area contributed by atoms with Crippen molar-refractivity contribution in [3.8, 4) is 0 Å². The van der Waals surface area contributed by atoms with Gasteiger partial charge in [0.25, 0.3) is 5.56 Å². The summed E-state index contributed by atoms with van der Waals surface area (Å²) in [7, 11) is 0. The van der Waals surface area contributed by atoms with Crippen molar-refractivity contribution >= 4 is 12.3 Å². The first-order chi connectivity index (χ1) is 6.11. The highest BCUT2D eigenvalue weighted by Crippen LogP contribution is 1.95. The summed E-state index contributed by atoms with van der Waals surface area (Å²) in [5.74, 6) is -1.05. The first-order valence-electron chi connectivity index (χ1n) is 3.41. The summed E-state index contributed by atoms with van der Waals surface area (Å²) < 4.78 is 13.6. The third kappa shape index (κ3) is 1.35. The van der Waals surface area contributed by atoms with Crippen LogP contribution in [0.25, 0.3) is 12.3 Å². The normalized spacial score (nSPS) is 9.62. The fourth-order valence-corrected chi connectivity index (χ4v) is 0.850. The minimum Gasteiger partial charge on any atom is -0.304 e. The van der Waals surface area contributed by atoms with E-state index in [9.17, 15) is 14.0 Å². The van der Waals surface area contributed by atoms with Crippen LogP contribution in [0.5, 0.6) is 0 Å². The van der Waals surface area contributed by atoms with Crippen LogP contribution in [0.2, 0.25) is 0 Å². The topological polar surface area (TPSA) is 54.9 Å². The largest absolute Gasteiger partial charge is 0.333 e. The number of hydrogen-bond acceptors (Lipinski definition) is 2. The minimum atomic E-state index is -1.05. The molecule has 0 spiro atoms. The van der Waals surface area contributed by atoms with Gasteiger partial charge in [0, 0.05) is 6.20 Å². The van der Waals surface area contributed by atoms with Crippen molar-refractivity contribution in [2.24, 2.45) is 0 Å². The van der Waals surface area contributed by atoms with Gasteiger partial charge in [0.05, 0.1) is 5.69 Å². The Morgan fingerprint density at radius 2 is 2.00 bits per heavy atom. The van der Waals surface area contributed by atoms with Crippen LogP contribution in [-0.2, 0) is 0 Å². The van der Waals surface area contributed by atoms with Gasteiger partial charge in [-0.1, -0.05) is 13.2 Å². The van der Waals surface area contributed by atoms with Gasteiger partial charge in [-0.3, -0.25) is 4.79 Å². The van der Waals surface area contributed by atoms with E-state index in [2.05, 4.69) is 18.1 Å². The zero-order valence-corrected chi connectivity index (χ0v) is 6.71. The van der Waals surface area contributed by atoms with E-state index in [1.165, 1.54) is 0 Å². The van der Waals surface area contributed by atoms with E-state index in [0.717, 1.165) is 12.3 Å². The Hall–Kier alpha value is -1.91. The highest BCUT2D eigenvalue weighted by molar-refractivity contribution is 5.41. The van der Waals surface area contributed by atoms with Gasteiger partial charge in [-0.15, -0.1) is 0 Å². The van der Waals surface area contributed by atoms with Gasteiger partial charge in [-0.2, -0.15) is 4.39 Å². The Morgan fingerprint density at radius 3 is 2.46 bits per heavy atom. The molecule has 5 heteroatoms. The van der Waals surface area contributed by atoms with E-state index in [0.29, 0.717) is 4.57 Å². The number of rotatable bonds is 2. The van der Waals surface area contributed by atoms with Crippen molar-refractivity contribution in [1.82, 2.24) is 9.55 Å². The molecule has 0 saturated carbocycles. The lowest BCUT2D eigenvalue weighted by Gasteiger charge is -1.99. The summed E-state index contributed by atoms with van der Waals surface area (Å²) in [6.07, 6.45) is 2.00. The molecule has 0 aliphatic carbocycles. The number of hydrogen-bond donors (Lipinski definition) is 1. The second kappa shape index (κ2) is 3.22. The van der Waals surface area contributed by atoms with Crippen molar-refractivity contribution in [1.29, 1.82) is 0 Å². The molecule has 0 fully saturated rings.